The minimum absolute atomic E-state index is 0.224. The number of halogens is 3. The zero-order chi connectivity index (χ0) is 16.0. The Hall–Kier alpha value is -0.870. The van der Waals surface area contributed by atoms with Crippen LogP contribution in [0.1, 0.15) is 19.8 Å². The topological polar surface area (TPSA) is 66.9 Å². The normalized spacial score (nSPS) is 13.0. The number of carbonyl (C=O) groups is 1. The zero-order valence-corrected chi connectivity index (χ0v) is 12.4. The van der Waals surface area contributed by atoms with Gasteiger partial charge in [-0.25, -0.2) is 0 Å². The molecule has 0 aromatic heterocycles. The molecule has 10 heteroatoms. The van der Waals surface area contributed by atoms with E-state index in [9.17, 15) is 26.4 Å². The van der Waals surface area contributed by atoms with Gasteiger partial charge in [-0.05, 0) is 6.42 Å². The molecule has 0 bridgehead atoms. The van der Waals surface area contributed by atoms with Crippen LogP contribution in [0.25, 0.3) is 0 Å². The van der Waals surface area contributed by atoms with Crippen molar-refractivity contribution in [2.75, 3.05) is 33.8 Å². The molecule has 0 saturated carbocycles. The van der Waals surface area contributed by atoms with Gasteiger partial charge in [0.05, 0.1) is 13.5 Å². The number of ether oxygens (including phenoxy) is 1. The van der Waals surface area contributed by atoms with Crippen molar-refractivity contribution in [2.24, 2.45) is 0 Å². The first-order valence-electron chi connectivity index (χ1n) is 5.89. The predicted molar refractivity (Wildman–Crippen MR) is 66.1 cm³/mol. The first kappa shape index (κ1) is 19.1. The summed E-state index contributed by atoms with van der Waals surface area (Å²) >= 11 is 0. The third-order valence-electron chi connectivity index (χ3n) is 2.41. The third-order valence-corrected chi connectivity index (χ3v) is 4.34. The van der Waals surface area contributed by atoms with E-state index in [-0.39, 0.29) is 25.9 Å². The number of hydrogen-bond donors (Lipinski definition) is 0. The lowest BCUT2D eigenvalue weighted by atomic mass is 10.4. The van der Waals surface area contributed by atoms with E-state index in [1.54, 1.807) is 6.92 Å². The molecule has 0 unspecified atom stereocenters. The number of nitrogens with zero attached hydrogens (tertiary/aromatic N) is 2. The summed E-state index contributed by atoms with van der Waals surface area (Å²) < 4.78 is 66.6. The van der Waals surface area contributed by atoms with E-state index < -0.39 is 28.9 Å². The maximum absolute atomic E-state index is 12.4. The standard InChI is InChI=1S/C10H19F3N2O4S/c1-4-6-15(8-10(11,12)13)20(17,18)14(2)7-5-9(16)19-3/h4-8H2,1-3H3. The maximum atomic E-state index is 12.4. The van der Waals surface area contributed by atoms with Gasteiger partial charge in [0.2, 0.25) is 0 Å². The van der Waals surface area contributed by atoms with Crippen LogP contribution in [0.4, 0.5) is 13.2 Å². The average molecular weight is 320 g/mol. The minimum atomic E-state index is -4.62. The Morgan fingerprint density at radius 3 is 2.20 bits per heavy atom. The Bertz CT molecular complexity index is 411. The second-order valence-corrected chi connectivity index (χ2v) is 6.14. The highest BCUT2D eigenvalue weighted by molar-refractivity contribution is 7.86. The zero-order valence-electron chi connectivity index (χ0n) is 11.6. The van der Waals surface area contributed by atoms with E-state index in [1.807, 2.05) is 0 Å². The molecule has 0 N–H and O–H groups in total. The van der Waals surface area contributed by atoms with Crippen LogP contribution in [-0.2, 0) is 19.7 Å². The van der Waals surface area contributed by atoms with Crippen molar-refractivity contribution in [3.05, 3.63) is 0 Å². The summed E-state index contributed by atoms with van der Waals surface area (Å²) in [6, 6.07) is 0. The highest BCUT2D eigenvalue weighted by atomic mass is 32.2. The summed E-state index contributed by atoms with van der Waals surface area (Å²) in [6.07, 6.45) is -4.59. The molecule has 0 aromatic carbocycles. The number of carbonyl (C=O) groups excluding carboxylic acids is 1. The Morgan fingerprint density at radius 2 is 1.80 bits per heavy atom. The molecule has 0 aliphatic heterocycles. The van der Waals surface area contributed by atoms with Gasteiger partial charge >= 0.3 is 12.1 Å². The molecule has 0 aromatic rings. The summed E-state index contributed by atoms with van der Waals surface area (Å²) in [6.45, 7) is -0.462. The second kappa shape index (κ2) is 7.79. The molecule has 0 aliphatic carbocycles. The van der Waals surface area contributed by atoms with Gasteiger partial charge in [-0.3, -0.25) is 4.79 Å². The SMILES string of the molecule is CCCN(CC(F)(F)F)S(=O)(=O)N(C)CCC(=O)OC. The number of rotatable bonds is 8. The molecule has 0 saturated heterocycles. The molecule has 0 aliphatic rings. The molecule has 0 fully saturated rings. The molecule has 0 heterocycles. The van der Waals surface area contributed by atoms with Gasteiger partial charge in [0.25, 0.3) is 10.2 Å². The van der Waals surface area contributed by atoms with Crippen LogP contribution < -0.4 is 0 Å². The highest BCUT2D eigenvalue weighted by Crippen LogP contribution is 2.20. The number of alkyl halides is 3. The molecular weight excluding hydrogens is 301 g/mol. The smallest absolute Gasteiger partial charge is 0.402 e. The van der Waals surface area contributed by atoms with Crippen molar-refractivity contribution in [1.29, 1.82) is 0 Å². The first-order chi connectivity index (χ1) is 9.04. The summed E-state index contributed by atoms with van der Waals surface area (Å²) in [5.41, 5.74) is 0. The lowest BCUT2D eigenvalue weighted by molar-refractivity contribution is -0.141. The van der Waals surface area contributed by atoms with E-state index >= 15 is 0 Å². The number of hydrogen-bond acceptors (Lipinski definition) is 4. The van der Waals surface area contributed by atoms with E-state index in [4.69, 9.17) is 0 Å². The summed E-state index contributed by atoms with van der Waals surface area (Å²) in [4.78, 5) is 10.9. The molecule has 0 spiro atoms. The average Bonchev–Trinajstić information content (AvgIpc) is 2.33. The van der Waals surface area contributed by atoms with E-state index in [0.717, 1.165) is 14.2 Å². The quantitative estimate of drug-likeness (QED) is 0.626. The molecule has 6 nitrogen and oxygen atoms in total. The fourth-order valence-electron chi connectivity index (χ4n) is 1.39. The lowest BCUT2D eigenvalue weighted by Gasteiger charge is -2.27. The molecule has 0 atom stereocenters. The van der Waals surface area contributed by atoms with Crippen molar-refractivity contribution < 1.29 is 31.1 Å². The first-order valence-corrected chi connectivity index (χ1v) is 7.29. The summed E-state index contributed by atoms with van der Waals surface area (Å²) in [5, 5.41) is 0. The third kappa shape index (κ3) is 6.53. The Kier molecular flexibility index (Phi) is 7.45. The fraction of sp³-hybridized carbons (Fsp3) is 0.900. The van der Waals surface area contributed by atoms with Crippen LogP contribution in [-0.4, -0.2) is 63.0 Å². The maximum Gasteiger partial charge on any atom is 0.402 e. The predicted octanol–water partition coefficient (Wildman–Crippen LogP) is 1.00. The largest absolute Gasteiger partial charge is 0.469 e. The molecular formula is C10H19F3N2O4S. The fourth-order valence-corrected chi connectivity index (χ4v) is 2.83. The van der Waals surface area contributed by atoms with Crippen LogP contribution in [0.5, 0.6) is 0 Å². The minimum Gasteiger partial charge on any atom is -0.469 e. The van der Waals surface area contributed by atoms with Crippen LogP contribution in [0.15, 0.2) is 0 Å². The van der Waals surface area contributed by atoms with Gasteiger partial charge in [-0.2, -0.15) is 30.2 Å². The van der Waals surface area contributed by atoms with E-state index in [2.05, 4.69) is 4.74 Å². The monoisotopic (exact) mass is 320 g/mol. The van der Waals surface area contributed by atoms with Crippen molar-refractivity contribution in [2.45, 2.75) is 25.9 Å². The molecule has 0 radical (unpaired) electrons. The van der Waals surface area contributed by atoms with Crippen LogP contribution in [0.3, 0.4) is 0 Å². The molecule has 0 amide bonds. The van der Waals surface area contributed by atoms with Gasteiger partial charge in [-0.1, -0.05) is 6.92 Å². The van der Waals surface area contributed by atoms with Gasteiger partial charge in [0.15, 0.2) is 0 Å². The summed E-state index contributed by atoms with van der Waals surface area (Å²) in [7, 11) is -2.00. The Labute approximate surface area is 116 Å². The van der Waals surface area contributed by atoms with Crippen LogP contribution in [0.2, 0.25) is 0 Å². The van der Waals surface area contributed by atoms with E-state index in [1.165, 1.54) is 0 Å². The van der Waals surface area contributed by atoms with Gasteiger partial charge in [-0.15, -0.1) is 0 Å². The molecule has 20 heavy (non-hydrogen) atoms. The number of esters is 1. The van der Waals surface area contributed by atoms with Gasteiger partial charge in [0.1, 0.15) is 6.54 Å². The van der Waals surface area contributed by atoms with Crippen molar-refractivity contribution >= 4 is 16.2 Å². The Morgan fingerprint density at radius 1 is 1.25 bits per heavy atom. The summed E-state index contributed by atoms with van der Waals surface area (Å²) in [5.74, 6) is -0.634. The molecule has 120 valence electrons. The lowest BCUT2D eigenvalue weighted by Crippen LogP contribution is -2.46. The Balaban J connectivity index is 4.88. The van der Waals surface area contributed by atoms with Crippen molar-refractivity contribution in [3.8, 4) is 0 Å². The van der Waals surface area contributed by atoms with Gasteiger partial charge < -0.3 is 4.74 Å². The van der Waals surface area contributed by atoms with E-state index in [0.29, 0.717) is 8.61 Å². The molecule has 0 rings (SSSR count). The number of methoxy groups -OCH3 is 1. The van der Waals surface area contributed by atoms with Crippen LogP contribution in [0, 0.1) is 0 Å². The van der Waals surface area contributed by atoms with Gasteiger partial charge in [0, 0.05) is 20.1 Å². The van der Waals surface area contributed by atoms with Crippen LogP contribution >= 0.6 is 0 Å². The van der Waals surface area contributed by atoms with Crippen molar-refractivity contribution in [3.63, 3.8) is 0 Å². The second-order valence-electron chi connectivity index (χ2n) is 4.10. The highest BCUT2D eigenvalue weighted by Gasteiger charge is 2.37. The van der Waals surface area contributed by atoms with Crippen molar-refractivity contribution in [1.82, 2.24) is 8.61 Å².